The molecule has 0 amide bonds. The summed E-state index contributed by atoms with van der Waals surface area (Å²) in [5, 5.41) is 2.65. The number of carbonyl (C=O) groups excluding carboxylic acids is 1. The Morgan fingerprint density at radius 2 is 2.05 bits per heavy atom. The van der Waals surface area contributed by atoms with E-state index in [9.17, 15) is 18.0 Å². The first-order chi connectivity index (χ1) is 8.90. The minimum absolute atomic E-state index is 0.0531. The molecule has 1 aromatic carbocycles. The van der Waals surface area contributed by atoms with Gasteiger partial charge in [-0.15, -0.1) is 0 Å². The molecule has 0 bridgehead atoms. The zero-order chi connectivity index (χ0) is 14.5. The molecule has 1 rings (SSSR count). The van der Waals surface area contributed by atoms with E-state index in [0.29, 0.717) is 0 Å². The molecule has 0 aromatic heterocycles. The lowest BCUT2D eigenvalue weighted by atomic mass is 10.1. The van der Waals surface area contributed by atoms with Gasteiger partial charge in [-0.3, -0.25) is 10.1 Å². The van der Waals surface area contributed by atoms with Gasteiger partial charge in [-0.25, -0.2) is 0 Å². The number of methoxy groups -OCH3 is 1. The Bertz CT molecular complexity index is 435. The summed E-state index contributed by atoms with van der Waals surface area (Å²) in [4.78, 5) is 11.3. The Morgan fingerprint density at radius 3 is 2.58 bits per heavy atom. The highest BCUT2D eigenvalue weighted by Crippen LogP contribution is 2.31. The van der Waals surface area contributed by atoms with Crippen molar-refractivity contribution in [2.24, 2.45) is 5.73 Å². The maximum absolute atomic E-state index is 12.7. The average molecular weight is 276 g/mol. The molecule has 0 heterocycles. The molecule has 4 nitrogen and oxygen atoms in total. The third-order valence-electron chi connectivity index (χ3n) is 2.58. The van der Waals surface area contributed by atoms with Crippen LogP contribution >= 0.6 is 0 Å². The number of halogens is 3. The summed E-state index contributed by atoms with van der Waals surface area (Å²) in [6.45, 7) is -0.173. The number of rotatable bonds is 5. The fraction of sp³-hybridized carbons (Fsp3) is 0.417. The van der Waals surface area contributed by atoms with Crippen LogP contribution in [0.15, 0.2) is 24.3 Å². The summed E-state index contributed by atoms with van der Waals surface area (Å²) in [5.41, 5.74) is 4.67. The van der Waals surface area contributed by atoms with Crippen molar-refractivity contribution in [3.8, 4) is 0 Å². The second kappa shape index (κ2) is 6.53. The number of alkyl halides is 3. The van der Waals surface area contributed by atoms with Crippen molar-refractivity contribution in [2.75, 3.05) is 13.7 Å². The van der Waals surface area contributed by atoms with Crippen LogP contribution in [0.5, 0.6) is 0 Å². The normalized spacial score (nSPS) is 13.1. The van der Waals surface area contributed by atoms with Crippen LogP contribution < -0.4 is 11.1 Å². The van der Waals surface area contributed by atoms with Crippen LogP contribution in [0.25, 0.3) is 0 Å². The van der Waals surface area contributed by atoms with Crippen molar-refractivity contribution >= 4 is 5.97 Å². The molecule has 7 heteroatoms. The van der Waals surface area contributed by atoms with Crippen LogP contribution in [0, 0.1) is 0 Å². The van der Waals surface area contributed by atoms with Gasteiger partial charge in [0.05, 0.1) is 12.7 Å². The molecule has 106 valence electrons. The van der Waals surface area contributed by atoms with E-state index in [4.69, 9.17) is 5.73 Å². The molecule has 3 N–H and O–H groups in total. The molecule has 1 atom stereocenters. The Morgan fingerprint density at radius 1 is 1.42 bits per heavy atom. The SMILES string of the molecule is COC(=O)C(CN)NCc1ccccc1C(F)(F)F. The summed E-state index contributed by atoms with van der Waals surface area (Å²) in [7, 11) is 1.19. The molecule has 19 heavy (non-hydrogen) atoms. The average Bonchev–Trinajstić information content (AvgIpc) is 2.38. The van der Waals surface area contributed by atoms with E-state index in [1.807, 2.05) is 0 Å². The van der Waals surface area contributed by atoms with Crippen LogP contribution in [-0.2, 0) is 22.3 Å². The van der Waals surface area contributed by atoms with Crippen molar-refractivity contribution in [1.82, 2.24) is 5.32 Å². The number of carbonyl (C=O) groups is 1. The van der Waals surface area contributed by atoms with E-state index >= 15 is 0 Å². The predicted molar refractivity (Wildman–Crippen MR) is 63.1 cm³/mol. The van der Waals surface area contributed by atoms with Gasteiger partial charge in [0.15, 0.2) is 0 Å². The number of benzene rings is 1. The maximum atomic E-state index is 12.7. The van der Waals surface area contributed by atoms with Crippen LogP contribution in [0.4, 0.5) is 13.2 Å². The maximum Gasteiger partial charge on any atom is 0.416 e. The van der Waals surface area contributed by atoms with E-state index in [-0.39, 0.29) is 18.7 Å². The molecule has 0 spiro atoms. The van der Waals surface area contributed by atoms with Gasteiger partial charge in [0, 0.05) is 13.1 Å². The van der Waals surface area contributed by atoms with Gasteiger partial charge in [0.2, 0.25) is 0 Å². The molecular weight excluding hydrogens is 261 g/mol. The molecule has 0 aliphatic heterocycles. The van der Waals surface area contributed by atoms with Crippen LogP contribution in [0.2, 0.25) is 0 Å². The van der Waals surface area contributed by atoms with Crippen LogP contribution in [0.3, 0.4) is 0 Å². The van der Waals surface area contributed by atoms with Gasteiger partial charge in [0.25, 0.3) is 0 Å². The summed E-state index contributed by atoms with van der Waals surface area (Å²) >= 11 is 0. The Balaban J connectivity index is 2.80. The molecule has 0 radical (unpaired) electrons. The van der Waals surface area contributed by atoms with Gasteiger partial charge in [-0.2, -0.15) is 13.2 Å². The zero-order valence-corrected chi connectivity index (χ0v) is 10.3. The van der Waals surface area contributed by atoms with Gasteiger partial charge in [-0.05, 0) is 11.6 Å². The summed E-state index contributed by atoms with van der Waals surface area (Å²) in [5.74, 6) is -0.605. The zero-order valence-electron chi connectivity index (χ0n) is 10.3. The Kier molecular flexibility index (Phi) is 5.31. The minimum atomic E-state index is -4.43. The number of nitrogens with two attached hydrogens (primary N) is 1. The quantitative estimate of drug-likeness (QED) is 0.796. The highest BCUT2D eigenvalue weighted by Gasteiger charge is 2.33. The van der Waals surface area contributed by atoms with Crippen LogP contribution in [-0.4, -0.2) is 25.7 Å². The van der Waals surface area contributed by atoms with Crippen molar-refractivity contribution in [3.63, 3.8) is 0 Å². The van der Waals surface area contributed by atoms with E-state index < -0.39 is 23.8 Å². The first kappa shape index (κ1) is 15.5. The number of hydrogen-bond donors (Lipinski definition) is 2. The van der Waals surface area contributed by atoms with E-state index in [1.54, 1.807) is 0 Å². The lowest BCUT2D eigenvalue weighted by Gasteiger charge is -2.17. The third kappa shape index (κ3) is 4.22. The molecule has 0 aliphatic rings. The van der Waals surface area contributed by atoms with Crippen molar-refractivity contribution in [1.29, 1.82) is 0 Å². The van der Waals surface area contributed by atoms with E-state index in [2.05, 4.69) is 10.1 Å². The number of esters is 1. The minimum Gasteiger partial charge on any atom is -0.468 e. The monoisotopic (exact) mass is 276 g/mol. The first-order valence-electron chi connectivity index (χ1n) is 5.56. The fourth-order valence-electron chi connectivity index (χ4n) is 1.59. The van der Waals surface area contributed by atoms with Gasteiger partial charge >= 0.3 is 12.1 Å². The smallest absolute Gasteiger partial charge is 0.416 e. The molecule has 1 unspecified atom stereocenters. The standard InChI is InChI=1S/C12H15F3N2O2/c1-19-11(18)10(6-16)17-7-8-4-2-3-5-9(8)12(13,14)15/h2-5,10,17H,6-7,16H2,1H3. The molecule has 0 aliphatic carbocycles. The molecular formula is C12H15F3N2O2. The largest absolute Gasteiger partial charge is 0.468 e. The van der Waals surface area contributed by atoms with Crippen molar-refractivity contribution in [2.45, 2.75) is 18.8 Å². The summed E-state index contributed by atoms with van der Waals surface area (Å²) in [6.07, 6.45) is -4.43. The summed E-state index contributed by atoms with van der Waals surface area (Å²) in [6, 6.07) is 4.33. The highest BCUT2D eigenvalue weighted by atomic mass is 19.4. The highest BCUT2D eigenvalue weighted by molar-refractivity contribution is 5.75. The number of ether oxygens (including phenoxy) is 1. The van der Waals surface area contributed by atoms with Crippen molar-refractivity contribution < 1.29 is 22.7 Å². The first-order valence-corrected chi connectivity index (χ1v) is 5.56. The number of hydrogen-bond acceptors (Lipinski definition) is 4. The molecule has 0 saturated heterocycles. The van der Waals surface area contributed by atoms with Gasteiger partial charge in [0.1, 0.15) is 6.04 Å². The van der Waals surface area contributed by atoms with Gasteiger partial charge in [-0.1, -0.05) is 18.2 Å². The predicted octanol–water partition coefficient (Wildman–Crippen LogP) is 1.30. The number of nitrogens with one attached hydrogen (secondary N) is 1. The van der Waals surface area contributed by atoms with Crippen molar-refractivity contribution in [3.05, 3.63) is 35.4 Å². The van der Waals surface area contributed by atoms with E-state index in [1.165, 1.54) is 25.3 Å². The van der Waals surface area contributed by atoms with E-state index in [0.717, 1.165) is 6.07 Å². The second-order valence-corrected chi connectivity index (χ2v) is 3.85. The molecule has 1 aromatic rings. The summed E-state index contributed by atoms with van der Waals surface area (Å²) < 4.78 is 42.7. The van der Waals surface area contributed by atoms with Crippen LogP contribution in [0.1, 0.15) is 11.1 Å². The fourth-order valence-corrected chi connectivity index (χ4v) is 1.59. The van der Waals surface area contributed by atoms with Gasteiger partial charge < -0.3 is 10.5 Å². The lowest BCUT2D eigenvalue weighted by Crippen LogP contribution is -2.43. The molecule has 0 fully saturated rings. The third-order valence-corrected chi connectivity index (χ3v) is 2.58. The lowest BCUT2D eigenvalue weighted by molar-refractivity contribution is -0.142. The molecule has 0 saturated carbocycles. The Hall–Kier alpha value is -1.60. The topological polar surface area (TPSA) is 64.3 Å². The Labute approximate surface area is 108 Å². The second-order valence-electron chi connectivity index (χ2n) is 3.85.